The molecule has 1 aromatic carbocycles. The van der Waals surface area contributed by atoms with Crippen molar-refractivity contribution in [1.29, 1.82) is 5.26 Å². The molecule has 1 aromatic heterocycles. The summed E-state index contributed by atoms with van der Waals surface area (Å²) in [7, 11) is 1.32. The molecular formula is C19H21F3N4O2. The molecule has 0 aliphatic carbocycles. The van der Waals surface area contributed by atoms with Crippen molar-refractivity contribution in [2.75, 3.05) is 6.54 Å². The summed E-state index contributed by atoms with van der Waals surface area (Å²) in [5, 5.41) is 19.3. The normalized spacial score (nSPS) is 13.6. The third-order valence-electron chi connectivity index (χ3n) is 4.37. The van der Waals surface area contributed by atoms with Gasteiger partial charge in [0.1, 0.15) is 0 Å². The molecular weight excluding hydrogens is 373 g/mol. The molecule has 0 aliphatic heterocycles. The minimum Gasteiger partial charge on any atom is -0.374 e. The highest BCUT2D eigenvalue weighted by Crippen LogP contribution is 2.41. The third kappa shape index (κ3) is 4.51. The first-order chi connectivity index (χ1) is 13.1. The number of aromatic nitrogens is 2. The van der Waals surface area contributed by atoms with Gasteiger partial charge >= 0.3 is 6.18 Å². The third-order valence-corrected chi connectivity index (χ3v) is 4.37. The Morgan fingerprint density at radius 1 is 1.32 bits per heavy atom. The van der Waals surface area contributed by atoms with Crippen LogP contribution in [0.15, 0.2) is 36.7 Å². The number of aryl methyl sites for hydroxylation is 1. The number of imidazole rings is 1. The second-order valence-electron chi connectivity index (χ2n) is 6.52. The molecule has 0 radical (unpaired) electrons. The number of nitrogens with zero attached hydrogens (tertiary/aromatic N) is 4. The smallest absolute Gasteiger partial charge is 0.374 e. The van der Waals surface area contributed by atoms with Gasteiger partial charge in [0.15, 0.2) is 5.82 Å². The molecule has 1 heterocycles. The summed E-state index contributed by atoms with van der Waals surface area (Å²) in [4.78, 5) is 17.6. The molecule has 6 nitrogen and oxygen atoms in total. The van der Waals surface area contributed by atoms with E-state index in [2.05, 4.69) is 4.98 Å². The van der Waals surface area contributed by atoms with Gasteiger partial charge in [0.2, 0.25) is 11.5 Å². The Bertz CT molecular complexity index is 855. The summed E-state index contributed by atoms with van der Waals surface area (Å²) in [6.07, 6.45) is -3.30. The van der Waals surface area contributed by atoms with Crippen LogP contribution in [-0.4, -0.2) is 38.2 Å². The summed E-state index contributed by atoms with van der Waals surface area (Å²) in [5.74, 6) is -1.47. The number of hydrogen-bond donors (Lipinski definition) is 1. The van der Waals surface area contributed by atoms with E-state index in [4.69, 9.17) is 5.26 Å². The Kier molecular flexibility index (Phi) is 6.46. The molecule has 28 heavy (non-hydrogen) atoms. The highest BCUT2D eigenvalue weighted by atomic mass is 19.4. The van der Waals surface area contributed by atoms with Gasteiger partial charge in [-0.15, -0.1) is 0 Å². The second kappa shape index (κ2) is 8.44. The summed E-state index contributed by atoms with van der Waals surface area (Å²) >= 11 is 0. The van der Waals surface area contributed by atoms with Gasteiger partial charge in [0.05, 0.1) is 18.1 Å². The molecule has 0 aliphatic rings. The lowest BCUT2D eigenvalue weighted by Gasteiger charge is -2.32. The number of carbonyl (C=O) groups is 1. The zero-order valence-electron chi connectivity index (χ0n) is 15.6. The van der Waals surface area contributed by atoms with Gasteiger partial charge in [-0.05, 0) is 24.1 Å². The van der Waals surface area contributed by atoms with E-state index in [0.29, 0.717) is 17.5 Å². The molecule has 0 fully saturated rings. The van der Waals surface area contributed by atoms with E-state index in [9.17, 15) is 23.1 Å². The molecule has 0 saturated carbocycles. The Balaban J connectivity index is 2.27. The molecule has 1 unspecified atom stereocenters. The monoisotopic (exact) mass is 394 g/mol. The fourth-order valence-electron chi connectivity index (χ4n) is 2.87. The summed E-state index contributed by atoms with van der Waals surface area (Å²) in [5.41, 5.74) is -2.27. The number of benzene rings is 1. The van der Waals surface area contributed by atoms with E-state index in [0.717, 1.165) is 10.8 Å². The van der Waals surface area contributed by atoms with E-state index in [1.165, 1.54) is 18.1 Å². The minimum atomic E-state index is -5.08. The summed E-state index contributed by atoms with van der Waals surface area (Å²) < 4.78 is 42.0. The first kappa shape index (κ1) is 21.4. The quantitative estimate of drug-likeness (QED) is 0.783. The predicted octanol–water partition coefficient (Wildman–Crippen LogP) is 2.87. The van der Waals surface area contributed by atoms with Crippen LogP contribution in [0.25, 0.3) is 0 Å². The minimum absolute atomic E-state index is 0.0763. The maximum Gasteiger partial charge on any atom is 0.425 e. The lowest BCUT2D eigenvalue weighted by atomic mass is 9.96. The van der Waals surface area contributed by atoms with Crippen molar-refractivity contribution in [2.24, 2.45) is 7.05 Å². The van der Waals surface area contributed by atoms with Gasteiger partial charge in [-0.1, -0.05) is 19.1 Å². The fraction of sp³-hybridized carbons (Fsp3) is 0.421. The van der Waals surface area contributed by atoms with E-state index < -0.39 is 29.9 Å². The van der Waals surface area contributed by atoms with Gasteiger partial charge in [-0.25, -0.2) is 4.98 Å². The summed E-state index contributed by atoms with van der Waals surface area (Å²) in [6, 6.07) is 8.41. The number of rotatable bonds is 7. The lowest BCUT2D eigenvalue weighted by Crippen LogP contribution is -2.48. The zero-order chi connectivity index (χ0) is 20.9. The maximum absolute atomic E-state index is 13.7. The van der Waals surface area contributed by atoms with Crippen molar-refractivity contribution >= 4 is 5.91 Å². The standard InChI is InChI=1S/C19H21F3N4O2/c1-3-9-26(13-15-6-4-14(12-23)5-7-15)16(27)11-18(28,19(20,21)22)17-24-8-10-25(17)2/h4-8,10,28H,3,9,11,13H2,1-2H3. The molecule has 9 heteroatoms. The van der Waals surface area contributed by atoms with Gasteiger partial charge < -0.3 is 14.6 Å². The molecule has 1 N–H and O–H groups in total. The van der Waals surface area contributed by atoms with Crippen molar-refractivity contribution < 1.29 is 23.1 Å². The predicted molar refractivity (Wildman–Crippen MR) is 94.6 cm³/mol. The average molecular weight is 394 g/mol. The number of aliphatic hydroxyl groups is 1. The summed E-state index contributed by atoms with van der Waals surface area (Å²) in [6.45, 7) is 2.11. The molecule has 0 spiro atoms. The van der Waals surface area contributed by atoms with Crippen molar-refractivity contribution in [2.45, 2.75) is 38.1 Å². The van der Waals surface area contributed by atoms with Gasteiger partial charge in [-0.3, -0.25) is 4.79 Å². The van der Waals surface area contributed by atoms with Crippen LogP contribution < -0.4 is 0 Å². The average Bonchev–Trinajstić information content (AvgIpc) is 3.07. The number of amides is 1. The zero-order valence-corrected chi connectivity index (χ0v) is 15.6. The Labute approximate surface area is 160 Å². The van der Waals surface area contributed by atoms with Crippen molar-refractivity contribution in [1.82, 2.24) is 14.5 Å². The van der Waals surface area contributed by atoms with Crippen LogP contribution >= 0.6 is 0 Å². The van der Waals surface area contributed by atoms with Crippen molar-refractivity contribution in [3.05, 3.63) is 53.6 Å². The maximum atomic E-state index is 13.7. The Hall–Kier alpha value is -2.86. The number of nitriles is 1. The molecule has 1 atom stereocenters. The van der Waals surface area contributed by atoms with Crippen LogP contribution in [0.4, 0.5) is 13.2 Å². The second-order valence-corrected chi connectivity index (χ2v) is 6.52. The van der Waals surface area contributed by atoms with Crippen LogP contribution in [0.5, 0.6) is 0 Å². The first-order valence-corrected chi connectivity index (χ1v) is 8.66. The van der Waals surface area contributed by atoms with Crippen LogP contribution in [0, 0.1) is 11.3 Å². The molecule has 0 bridgehead atoms. The largest absolute Gasteiger partial charge is 0.425 e. The number of halogens is 3. The van der Waals surface area contributed by atoms with Crippen LogP contribution in [-0.2, 0) is 24.0 Å². The lowest BCUT2D eigenvalue weighted by molar-refractivity contribution is -0.272. The SMILES string of the molecule is CCCN(Cc1ccc(C#N)cc1)C(=O)CC(O)(c1nccn1C)C(F)(F)F. The molecule has 2 rings (SSSR count). The van der Waals surface area contributed by atoms with Crippen LogP contribution in [0.2, 0.25) is 0 Å². The van der Waals surface area contributed by atoms with E-state index >= 15 is 0 Å². The molecule has 0 saturated heterocycles. The van der Waals surface area contributed by atoms with Crippen molar-refractivity contribution in [3.8, 4) is 6.07 Å². The topological polar surface area (TPSA) is 82.2 Å². The highest BCUT2D eigenvalue weighted by Gasteiger charge is 2.59. The van der Waals surface area contributed by atoms with Gasteiger partial charge in [0, 0.05) is 32.5 Å². The van der Waals surface area contributed by atoms with E-state index in [1.54, 1.807) is 31.2 Å². The number of hydrogen-bond acceptors (Lipinski definition) is 4. The fourth-order valence-corrected chi connectivity index (χ4v) is 2.87. The first-order valence-electron chi connectivity index (χ1n) is 8.66. The van der Waals surface area contributed by atoms with Crippen molar-refractivity contribution in [3.63, 3.8) is 0 Å². The molecule has 1 amide bonds. The highest BCUT2D eigenvalue weighted by molar-refractivity contribution is 5.77. The van der Waals surface area contributed by atoms with Crippen LogP contribution in [0.1, 0.15) is 36.7 Å². The van der Waals surface area contributed by atoms with E-state index in [-0.39, 0.29) is 13.1 Å². The Morgan fingerprint density at radius 3 is 2.43 bits per heavy atom. The number of alkyl halides is 3. The van der Waals surface area contributed by atoms with Gasteiger partial charge in [-0.2, -0.15) is 18.4 Å². The Morgan fingerprint density at radius 2 is 1.96 bits per heavy atom. The van der Waals surface area contributed by atoms with Gasteiger partial charge in [0.25, 0.3) is 0 Å². The number of carbonyl (C=O) groups excluding carboxylic acids is 1. The molecule has 2 aromatic rings. The van der Waals surface area contributed by atoms with Crippen LogP contribution in [0.3, 0.4) is 0 Å². The van der Waals surface area contributed by atoms with E-state index in [1.807, 2.05) is 6.07 Å². The molecule has 150 valence electrons.